The zero-order valence-corrected chi connectivity index (χ0v) is 4.76. The lowest BCUT2D eigenvalue weighted by Crippen LogP contribution is -2.06. The van der Waals surface area contributed by atoms with E-state index in [1.54, 1.807) is 12.4 Å². The molecule has 0 spiro atoms. The Morgan fingerprint density at radius 2 is 2.38 bits per heavy atom. The van der Waals surface area contributed by atoms with Gasteiger partial charge in [0.05, 0.1) is 0 Å². The number of aromatic nitrogens is 1. The molecule has 1 rings (SSSR count). The van der Waals surface area contributed by atoms with E-state index >= 15 is 0 Å². The number of hydrogen-bond donors (Lipinski definition) is 0. The van der Waals surface area contributed by atoms with Gasteiger partial charge in [-0.2, -0.15) is 0 Å². The Hall–Kier alpha value is -0.785. The first kappa shape index (κ1) is 5.35. The van der Waals surface area contributed by atoms with Gasteiger partial charge in [0.2, 0.25) is 0 Å². The number of aryl methyl sites for hydroxylation is 1. The molecular formula is C6H6BN. The lowest BCUT2D eigenvalue weighted by molar-refractivity contribution is 1.31. The summed E-state index contributed by atoms with van der Waals surface area (Å²) in [5, 5.41) is 0. The van der Waals surface area contributed by atoms with Crippen molar-refractivity contribution < 1.29 is 0 Å². The van der Waals surface area contributed by atoms with Crippen LogP contribution >= 0.6 is 0 Å². The molecule has 2 heteroatoms. The molecule has 0 fully saturated rings. The third-order valence-corrected chi connectivity index (χ3v) is 1.08. The summed E-state index contributed by atoms with van der Waals surface area (Å²) in [6, 6.07) is 1.88. The maximum Gasteiger partial charge on any atom is 0.116 e. The van der Waals surface area contributed by atoms with Crippen LogP contribution in [0, 0.1) is 6.92 Å². The van der Waals surface area contributed by atoms with Gasteiger partial charge >= 0.3 is 0 Å². The number of pyridine rings is 1. The minimum Gasteiger partial charge on any atom is -0.265 e. The van der Waals surface area contributed by atoms with Gasteiger partial charge in [0.25, 0.3) is 0 Å². The summed E-state index contributed by atoms with van der Waals surface area (Å²) >= 11 is 0. The second kappa shape index (κ2) is 1.99. The predicted molar refractivity (Wildman–Crippen MR) is 34.4 cm³/mol. The first-order valence-electron chi connectivity index (χ1n) is 2.47. The van der Waals surface area contributed by atoms with Gasteiger partial charge in [-0.05, 0) is 13.0 Å². The zero-order chi connectivity index (χ0) is 5.98. The standard InChI is InChI=1S/C6H6BN/c1-5-2-3-8-4-6(5)7/h2-4H,1H3. The zero-order valence-electron chi connectivity index (χ0n) is 4.76. The second-order valence-electron chi connectivity index (χ2n) is 1.73. The molecule has 0 bridgehead atoms. The van der Waals surface area contributed by atoms with Gasteiger partial charge in [0.15, 0.2) is 0 Å². The molecule has 38 valence electrons. The third-order valence-electron chi connectivity index (χ3n) is 1.08. The van der Waals surface area contributed by atoms with E-state index in [0.717, 1.165) is 11.0 Å². The van der Waals surface area contributed by atoms with Crippen LogP contribution in [0.2, 0.25) is 0 Å². The number of rotatable bonds is 0. The molecule has 1 aromatic rings. The summed E-state index contributed by atoms with van der Waals surface area (Å²) in [6.07, 6.45) is 3.38. The molecule has 0 saturated heterocycles. The molecule has 0 aliphatic carbocycles. The van der Waals surface area contributed by atoms with Crippen LogP contribution in [0.25, 0.3) is 0 Å². The topological polar surface area (TPSA) is 12.9 Å². The molecule has 0 aliphatic rings. The van der Waals surface area contributed by atoms with Gasteiger partial charge < -0.3 is 0 Å². The van der Waals surface area contributed by atoms with E-state index in [1.807, 2.05) is 13.0 Å². The quantitative estimate of drug-likeness (QED) is 0.427. The molecule has 0 atom stereocenters. The highest BCUT2D eigenvalue weighted by Gasteiger charge is 1.84. The molecule has 0 aromatic carbocycles. The van der Waals surface area contributed by atoms with Gasteiger partial charge in [-0.25, -0.2) is 0 Å². The fraction of sp³-hybridized carbons (Fsp3) is 0.167. The average Bonchev–Trinajstić information content (AvgIpc) is 1.77. The Morgan fingerprint density at radius 3 is 2.75 bits per heavy atom. The van der Waals surface area contributed by atoms with Crippen molar-refractivity contribution in [2.45, 2.75) is 6.92 Å². The van der Waals surface area contributed by atoms with E-state index in [1.165, 1.54) is 0 Å². The number of hydrogen-bond acceptors (Lipinski definition) is 1. The fourth-order valence-electron chi connectivity index (χ4n) is 0.476. The average molecular weight is 103 g/mol. The van der Waals surface area contributed by atoms with Gasteiger partial charge in [-0.15, -0.1) is 0 Å². The van der Waals surface area contributed by atoms with Gasteiger partial charge in [0.1, 0.15) is 7.85 Å². The Kier molecular flexibility index (Phi) is 1.33. The van der Waals surface area contributed by atoms with Crippen molar-refractivity contribution in [3.05, 3.63) is 24.0 Å². The summed E-state index contributed by atoms with van der Waals surface area (Å²) in [6.45, 7) is 1.96. The van der Waals surface area contributed by atoms with E-state index in [2.05, 4.69) is 4.98 Å². The van der Waals surface area contributed by atoms with Crippen LogP contribution < -0.4 is 5.46 Å². The van der Waals surface area contributed by atoms with Crippen LogP contribution in [-0.4, -0.2) is 12.8 Å². The van der Waals surface area contributed by atoms with E-state index in [0.29, 0.717) is 0 Å². The molecule has 8 heavy (non-hydrogen) atoms. The first-order chi connectivity index (χ1) is 3.80. The van der Waals surface area contributed by atoms with E-state index in [4.69, 9.17) is 7.85 Å². The van der Waals surface area contributed by atoms with Crippen molar-refractivity contribution >= 4 is 13.3 Å². The first-order valence-corrected chi connectivity index (χ1v) is 2.47. The molecule has 1 heterocycles. The molecule has 0 N–H and O–H groups in total. The molecule has 0 aliphatic heterocycles. The van der Waals surface area contributed by atoms with E-state index < -0.39 is 0 Å². The van der Waals surface area contributed by atoms with Crippen LogP contribution in [-0.2, 0) is 0 Å². The SMILES string of the molecule is [B]c1cnccc1C. The summed E-state index contributed by atoms with van der Waals surface area (Å²) < 4.78 is 0. The van der Waals surface area contributed by atoms with Gasteiger partial charge in [-0.1, -0.05) is 11.0 Å². The van der Waals surface area contributed by atoms with Crippen LogP contribution in [0.5, 0.6) is 0 Å². The summed E-state index contributed by atoms with van der Waals surface area (Å²) in [5.74, 6) is 0. The Morgan fingerprint density at radius 1 is 1.62 bits per heavy atom. The highest BCUT2D eigenvalue weighted by Crippen LogP contribution is 1.85. The van der Waals surface area contributed by atoms with Gasteiger partial charge in [-0.3, -0.25) is 4.98 Å². The van der Waals surface area contributed by atoms with Crippen molar-refractivity contribution in [2.24, 2.45) is 0 Å². The van der Waals surface area contributed by atoms with E-state index in [9.17, 15) is 0 Å². The number of nitrogens with zero attached hydrogens (tertiary/aromatic N) is 1. The van der Waals surface area contributed by atoms with E-state index in [-0.39, 0.29) is 0 Å². The predicted octanol–water partition coefficient (Wildman–Crippen LogP) is 0.184. The maximum absolute atomic E-state index is 5.46. The van der Waals surface area contributed by atoms with Crippen molar-refractivity contribution in [3.63, 3.8) is 0 Å². The van der Waals surface area contributed by atoms with Crippen molar-refractivity contribution in [1.29, 1.82) is 0 Å². The Balaban J connectivity index is 3.13. The summed E-state index contributed by atoms with van der Waals surface area (Å²) in [7, 11) is 5.46. The Bertz CT molecular complexity index is 165. The lowest BCUT2D eigenvalue weighted by Gasteiger charge is -1.93. The van der Waals surface area contributed by atoms with Crippen LogP contribution in [0.4, 0.5) is 0 Å². The molecule has 0 amide bonds. The smallest absolute Gasteiger partial charge is 0.116 e. The van der Waals surface area contributed by atoms with Crippen molar-refractivity contribution in [2.75, 3.05) is 0 Å². The Labute approximate surface area is 50.2 Å². The van der Waals surface area contributed by atoms with Crippen molar-refractivity contribution in [1.82, 2.24) is 4.98 Å². The molecule has 0 saturated carbocycles. The lowest BCUT2D eigenvalue weighted by atomic mass is 9.94. The highest BCUT2D eigenvalue weighted by atomic mass is 14.6. The molecule has 1 aromatic heterocycles. The summed E-state index contributed by atoms with van der Waals surface area (Å²) in [5.41, 5.74) is 1.84. The largest absolute Gasteiger partial charge is 0.265 e. The molecule has 1 nitrogen and oxygen atoms in total. The van der Waals surface area contributed by atoms with Crippen LogP contribution in [0.1, 0.15) is 5.56 Å². The van der Waals surface area contributed by atoms with Crippen LogP contribution in [0.15, 0.2) is 18.5 Å². The minimum atomic E-state index is 0.757. The second-order valence-corrected chi connectivity index (χ2v) is 1.73. The summed E-state index contributed by atoms with van der Waals surface area (Å²) in [4.78, 5) is 3.82. The van der Waals surface area contributed by atoms with Gasteiger partial charge in [0, 0.05) is 12.4 Å². The molecule has 2 radical (unpaired) electrons. The van der Waals surface area contributed by atoms with Crippen molar-refractivity contribution in [3.8, 4) is 0 Å². The minimum absolute atomic E-state index is 0.757. The molecule has 0 unspecified atom stereocenters. The normalized spacial score (nSPS) is 9.12. The monoisotopic (exact) mass is 103 g/mol. The fourth-order valence-corrected chi connectivity index (χ4v) is 0.476. The highest BCUT2D eigenvalue weighted by molar-refractivity contribution is 6.33. The maximum atomic E-state index is 5.46. The van der Waals surface area contributed by atoms with Crippen LogP contribution in [0.3, 0.4) is 0 Å². The third kappa shape index (κ3) is 0.888. The molecular weight excluding hydrogens is 96.9 g/mol.